The van der Waals surface area contributed by atoms with Crippen LogP contribution in [0.15, 0.2) is 71.6 Å². The normalized spacial score (nSPS) is 15.7. The van der Waals surface area contributed by atoms with Crippen LogP contribution < -0.4 is 15.2 Å². The number of nitrogens with zero attached hydrogens (tertiary/aromatic N) is 1. The van der Waals surface area contributed by atoms with E-state index < -0.39 is 28.2 Å². The molecule has 0 spiro atoms. The first-order chi connectivity index (χ1) is 17.3. The first-order valence-electron chi connectivity index (χ1n) is 11.0. The molecule has 0 fully saturated rings. The number of hydrogen-bond acceptors (Lipinski definition) is 7. The number of ether oxygens (including phenoxy) is 4. The number of carbonyl (C=O) groups is 1. The van der Waals surface area contributed by atoms with Gasteiger partial charge >= 0.3 is 6.09 Å². The van der Waals surface area contributed by atoms with Gasteiger partial charge in [0.15, 0.2) is 17.8 Å². The Kier molecular flexibility index (Phi) is 7.73. The maximum atomic E-state index is 14.9. The van der Waals surface area contributed by atoms with Crippen molar-refractivity contribution >= 4 is 16.1 Å². The first kappa shape index (κ1) is 25.4. The summed E-state index contributed by atoms with van der Waals surface area (Å²) in [5, 5.41) is 0. The molecule has 3 aromatic rings. The second kappa shape index (κ2) is 10.9. The average molecular weight is 517 g/mol. The van der Waals surface area contributed by atoms with Crippen LogP contribution in [0.25, 0.3) is 0 Å². The fourth-order valence-corrected chi connectivity index (χ4v) is 5.32. The van der Waals surface area contributed by atoms with Crippen LogP contribution in [0.2, 0.25) is 0 Å². The van der Waals surface area contributed by atoms with Gasteiger partial charge in [-0.3, -0.25) is 0 Å². The van der Waals surface area contributed by atoms with Crippen LogP contribution in [0.4, 0.5) is 9.18 Å². The quantitative estimate of drug-likeness (QED) is 0.428. The molecular weight excluding hydrogens is 491 g/mol. The fraction of sp³-hybridized carbons (Fsp3) is 0.240. The molecule has 0 bridgehead atoms. The SMILES string of the molecule is COCCOc1ccc(Oc2ccc(S(=O)(=O)N3CCc4ccccc4C3OC(N)=O)cc2F)cc1. The maximum Gasteiger partial charge on any atom is 0.406 e. The van der Waals surface area contributed by atoms with Crippen LogP contribution in [-0.2, 0) is 25.9 Å². The monoisotopic (exact) mass is 516 g/mol. The number of sulfonamides is 1. The second-order valence-electron chi connectivity index (χ2n) is 7.86. The van der Waals surface area contributed by atoms with E-state index in [1.807, 2.05) is 6.07 Å². The Labute approximate surface area is 208 Å². The number of carbonyl (C=O) groups excluding carboxylic acids is 1. The zero-order chi connectivity index (χ0) is 25.7. The van der Waals surface area contributed by atoms with Crippen molar-refractivity contribution in [3.8, 4) is 17.2 Å². The van der Waals surface area contributed by atoms with Crippen molar-refractivity contribution in [2.24, 2.45) is 5.73 Å². The minimum Gasteiger partial charge on any atom is -0.491 e. The highest BCUT2D eigenvalue weighted by molar-refractivity contribution is 7.89. The molecular formula is C25H25FN2O7S. The highest BCUT2D eigenvalue weighted by Crippen LogP contribution is 2.36. The number of rotatable bonds is 9. The third-order valence-electron chi connectivity index (χ3n) is 5.53. The minimum absolute atomic E-state index is 0.0238. The Balaban J connectivity index is 1.54. The van der Waals surface area contributed by atoms with Crippen molar-refractivity contribution in [1.29, 1.82) is 0 Å². The Morgan fingerprint density at radius 2 is 1.78 bits per heavy atom. The Bertz CT molecular complexity index is 1330. The number of fused-ring (bicyclic) bond motifs is 1. The molecule has 0 saturated heterocycles. The van der Waals surface area contributed by atoms with Gasteiger partial charge in [0.1, 0.15) is 18.1 Å². The Morgan fingerprint density at radius 3 is 2.47 bits per heavy atom. The lowest BCUT2D eigenvalue weighted by Gasteiger charge is -2.35. The van der Waals surface area contributed by atoms with E-state index in [0.29, 0.717) is 36.7 Å². The summed E-state index contributed by atoms with van der Waals surface area (Å²) >= 11 is 0. The van der Waals surface area contributed by atoms with E-state index in [1.54, 1.807) is 49.6 Å². The molecule has 1 aliphatic rings. The number of primary amides is 1. The molecule has 11 heteroatoms. The minimum atomic E-state index is -4.25. The van der Waals surface area contributed by atoms with E-state index in [4.69, 9.17) is 24.7 Å². The third kappa shape index (κ3) is 5.59. The van der Waals surface area contributed by atoms with Gasteiger partial charge in [0.2, 0.25) is 10.0 Å². The molecule has 9 nitrogen and oxygen atoms in total. The predicted octanol–water partition coefficient (Wildman–Crippen LogP) is 3.98. The highest BCUT2D eigenvalue weighted by atomic mass is 32.2. The molecule has 1 aliphatic heterocycles. The van der Waals surface area contributed by atoms with E-state index >= 15 is 0 Å². The second-order valence-corrected chi connectivity index (χ2v) is 9.75. The summed E-state index contributed by atoms with van der Waals surface area (Å²) in [4.78, 5) is 11.2. The van der Waals surface area contributed by atoms with E-state index in [9.17, 15) is 17.6 Å². The van der Waals surface area contributed by atoms with Gasteiger partial charge in [-0.1, -0.05) is 24.3 Å². The van der Waals surface area contributed by atoms with Gasteiger partial charge in [-0.05, 0) is 54.4 Å². The molecule has 1 heterocycles. The molecule has 1 amide bonds. The summed E-state index contributed by atoms with van der Waals surface area (Å²) in [5.41, 5.74) is 6.54. The van der Waals surface area contributed by atoms with Crippen LogP contribution in [0.3, 0.4) is 0 Å². The van der Waals surface area contributed by atoms with Crippen LogP contribution in [0.5, 0.6) is 17.2 Å². The molecule has 0 aliphatic carbocycles. The standard InChI is InChI=1S/C25H25FN2O7S/c1-32-14-15-33-18-6-8-19(9-7-18)34-23-11-10-20(16-22(23)26)36(30,31)28-13-12-17-4-2-3-5-21(17)24(28)35-25(27)29/h2-11,16,24H,12-15H2,1H3,(H2,27,29). The van der Waals surface area contributed by atoms with Crippen LogP contribution in [0.1, 0.15) is 17.4 Å². The van der Waals surface area contributed by atoms with Gasteiger partial charge in [-0.15, -0.1) is 0 Å². The van der Waals surface area contributed by atoms with Crippen molar-refractivity contribution in [3.05, 3.63) is 83.7 Å². The van der Waals surface area contributed by atoms with Crippen LogP contribution >= 0.6 is 0 Å². The van der Waals surface area contributed by atoms with E-state index in [-0.39, 0.29) is 17.2 Å². The summed E-state index contributed by atoms with van der Waals surface area (Å²) < 4.78 is 63.9. The van der Waals surface area contributed by atoms with Gasteiger partial charge in [0.25, 0.3) is 0 Å². The van der Waals surface area contributed by atoms with Crippen molar-refractivity contribution < 1.29 is 36.6 Å². The number of nitrogens with two attached hydrogens (primary N) is 1. The third-order valence-corrected chi connectivity index (χ3v) is 7.37. The zero-order valence-corrected chi connectivity index (χ0v) is 20.2. The van der Waals surface area contributed by atoms with Crippen molar-refractivity contribution in [2.45, 2.75) is 17.5 Å². The summed E-state index contributed by atoms with van der Waals surface area (Å²) in [6, 6.07) is 16.9. The fourth-order valence-electron chi connectivity index (χ4n) is 3.82. The molecule has 2 N–H and O–H groups in total. The van der Waals surface area contributed by atoms with Crippen molar-refractivity contribution in [1.82, 2.24) is 4.31 Å². The molecule has 0 radical (unpaired) electrons. The van der Waals surface area contributed by atoms with Crippen molar-refractivity contribution in [3.63, 3.8) is 0 Å². The molecule has 4 rings (SSSR count). The smallest absolute Gasteiger partial charge is 0.406 e. The topological polar surface area (TPSA) is 117 Å². The van der Waals surface area contributed by atoms with Gasteiger partial charge in [0, 0.05) is 19.2 Å². The van der Waals surface area contributed by atoms with Gasteiger partial charge in [-0.25, -0.2) is 17.6 Å². The lowest BCUT2D eigenvalue weighted by molar-refractivity contribution is 0.0294. The largest absolute Gasteiger partial charge is 0.491 e. The van der Waals surface area contributed by atoms with Crippen molar-refractivity contribution in [2.75, 3.05) is 26.9 Å². The highest BCUT2D eigenvalue weighted by Gasteiger charge is 2.39. The molecule has 190 valence electrons. The van der Waals surface area contributed by atoms with Gasteiger partial charge in [-0.2, -0.15) is 4.31 Å². The Morgan fingerprint density at radius 1 is 1.06 bits per heavy atom. The lowest BCUT2D eigenvalue weighted by Crippen LogP contribution is -2.42. The summed E-state index contributed by atoms with van der Waals surface area (Å²) in [6.07, 6.45) is -1.99. The molecule has 1 atom stereocenters. The molecule has 1 unspecified atom stereocenters. The number of benzene rings is 3. The number of halogens is 1. The Hall–Kier alpha value is -3.67. The molecule has 0 saturated carbocycles. The predicted molar refractivity (Wildman–Crippen MR) is 128 cm³/mol. The molecule has 3 aromatic carbocycles. The van der Waals surface area contributed by atoms with E-state index in [2.05, 4.69) is 0 Å². The van der Waals surface area contributed by atoms with E-state index in [0.717, 1.165) is 15.9 Å². The summed E-state index contributed by atoms with van der Waals surface area (Å²) in [5.74, 6) is -0.0967. The molecule has 36 heavy (non-hydrogen) atoms. The number of hydrogen-bond donors (Lipinski definition) is 1. The number of methoxy groups -OCH3 is 1. The zero-order valence-electron chi connectivity index (χ0n) is 19.4. The summed E-state index contributed by atoms with van der Waals surface area (Å²) in [6.45, 7) is 0.850. The average Bonchev–Trinajstić information content (AvgIpc) is 2.86. The van der Waals surface area contributed by atoms with Gasteiger partial charge in [0.05, 0.1) is 11.5 Å². The number of amides is 1. The van der Waals surface area contributed by atoms with Gasteiger partial charge < -0.3 is 24.7 Å². The lowest BCUT2D eigenvalue weighted by atomic mass is 10.00. The summed E-state index contributed by atoms with van der Waals surface area (Å²) in [7, 11) is -2.68. The van der Waals surface area contributed by atoms with E-state index in [1.165, 1.54) is 12.1 Å². The van der Waals surface area contributed by atoms with Crippen LogP contribution in [-0.4, -0.2) is 45.7 Å². The first-order valence-corrected chi connectivity index (χ1v) is 12.5. The van der Waals surface area contributed by atoms with Crippen LogP contribution in [0, 0.1) is 5.82 Å². The maximum absolute atomic E-state index is 14.9. The molecule has 0 aromatic heterocycles.